The second kappa shape index (κ2) is 7.89. The zero-order chi connectivity index (χ0) is 22.1. The fourth-order valence-corrected chi connectivity index (χ4v) is 3.85. The maximum Gasteiger partial charge on any atom is 0.182 e. The lowest BCUT2D eigenvalue weighted by Gasteiger charge is -2.13. The molecule has 0 saturated carbocycles. The van der Waals surface area contributed by atoms with E-state index in [2.05, 4.69) is 16.3 Å². The Labute approximate surface area is 184 Å². The molecule has 3 aromatic carbocycles. The Morgan fingerprint density at radius 3 is 2.22 bits per heavy atom. The van der Waals surface area contributed by atoms with Crippen molar-refractivity contribution in [1.82, 2.24) is 15.2 Å². The van der Waals surface area contributed by atoms with E-state index in [1.807, 2.05) is 54.6 Å². The number of aromatic hydroxyl groups is 1. The average Bonchev–Trinajstić information content (AvgIpc) is 3.28. The second-order valence-corrected chi connectivity index (χ2v) is 7.26. The van der Waals surface area contributed by atoms with Crippen molar-refractivity contribution in [3.8, 4) is 51.2 Å². The summed E-state index contributed by atoms with van der Waals surface area (Å²) in [6.07, 6.45) is 0. The Morgan fingerprint density at radius 2 is 1.56 bits per heavy atom. The number of aromatic amines is 1. The van der Waals surface area contributed by atoms with Crippen LogP contribution in [-0.4, -0.2) is 27.4 Å². The fraction of sp³-hybridized carbons (Fsp3) is 0.0385. The van der Waals surface area contributed by atoms with Crippen molar-refractivity contribution in [3.63, 3.8) is 0 Å². The number of rotatable bonds is 4. The number of nitrogens with zero attached hydrogens (tertiary/aromatic N) is 3. The number of nitrogens with one attached hydrogen (secondary N) is 1. The maximum absolute atomic E-state index is 10.2. The molecular formula is C26H18N4O2. The maximum atomic E-state index is 10.2. The van der Waals surface area contributed by atoms with E-state index in [-0.39, 0.29) is 5.75 Å². The molecule has 154 valence electrons. The van der Waals surface area contributed by atoms with Crippen molar-refractivity contribution in [3.05, 3.63) is 84.4 Å². The molecule has 0 bridgehead atoms. The molecule has 2 aromatic heterocycles. The van der Waals surface area contributed by atoms with Crippen molar-refractivity contribution >= 4 is 11.0 Å². The molecule has 5 aromatic rings. The van der Waals surface area contributed by atoms with E-state index in [0.717, 1.165) is 39.1 Å². The molecule has 6 heteroatoms. The SMILES string of the molecule is COc1ccc(-c2nc3n[nH]c(-c4ccccc4)c3c(-c3ccc(O)cc3)c2C#N)cc1. The first-order valence-electron chi connectivity index (χ1n) is 10.0. The standard InChI is InChI=1S/C26H18N4O2/c1-32-20-13-9-18(10-14-20)24-21(15-27)22(16-7-11-19(31)12-8-16)23-25(29-30-26(23)28-24)17-5-3-2-4-6-17/h2-14,31H,1H3,(H,28,29,30). The highest BCUT2D eigenvalue weighted by Gasteiger charge is 2.23. The van der Waals surface area contributed by atoms with Crippen LogP contribution in [0.15, 0.2) is 78.9 Å². The van der Waals surface area contributed by atoms with Crippen molar-refractivity contribution in [2.24, 2.45) is 0 Å². The molecular weight excluding hydrogens is 400 g/mol. The van der Waals surface area contributed by atoms with Crippen molar-refractivity contribution in [2.45, 2.75) is 0 Å². The lowest BCUT2D eigenvalue weighted by molar-refractivity contribution is 0.415. The molecule has 6 nitrogen and oxygen atoms in total. The quantitative estimate of drug-likeness (QED) is 0.399. The van der Waals surface area contributed by atoms with Crippen molar-refractivity contribution < 1.29 is 9.84 Å². The van der Waals surface area contributed by atoms with Gasteiger partial charge >= 0.3 is 0 Å². The van der Waals surface area contributed by atoms with Crippen LogP contribution in [0.5, 0.6) is 11.5 Å². The zero-order valence-corrected chi connectivity index (χ0v) is 17.2. The number of fused-ring (bicyclic) bond motifs is 1. The van der Waals surface area contributed by atoms with Gasteiger partial charge in [0.1, 0.15) is 17.6 Å². The Morgan fingerprint density at radius 1 is 0.875 bits per heavy atom. The summed E-state index contributed by atoms with van der Waals surface area (Å²) in [4.78, 5) is 4.77. The van der Waals surface area contributed by atoms with E-state index in [4.69, 9.17) is 9.72 Å². The molecule has 0 saturated heterocycles. The molecule has 2 N–H and O–H groups in total. The molecule has 0 spiro atoms. The van der Waals surface area contributed by atoms with Crippen LogP contribution >= 0.6 is 0 Å². The monoisotopic (exact) mass is 418 g/mol. The van der Waals surface area contributed by atoms with Gasteiger partial charge in [0.25, 0.3) is 0 Å². The van der Waals surface area contributed by atoms with Crippen LogP contribution in [0.1, 0.15) is 5.56 Å². The number of phenolic OH excluding ortho intramolecular Hbond substituents is 1. The van der Waals surface area contributed by atoms with Crippen LogP contribution in [-0.2, 0) is 0 Å². The Balaban J connectivity index is 1.86. The summed E-state index contributed by atoms with van der Waals surface area (Å²) in [5, 5.41) is 28.4. The topological polar surface area (TPSA) is 94.8 Å². The number of aromatic nitrogens is 3. The third-order valence-electron chi connectivity index (χ3n) is 5.40. The first-order valence-corrected chi connectivity index (χ1v) is 10.0. The third kappa shape index (κ3) is 3.22. The average molecular weight is 418 g/mol. The van der Waals surface area contributed by atoms with Gasteiger partial charge < -0.3 is 9.84 Å². The third-order valence-corrected chi connectivity index (χ3v) is 5.40. The van der Waals surface area contributed by atoms with Gasteiger partial charge in [0.2, 0.25) is 0 Å². The number of H-pyrrole nitrogens is 1. The molecule has 0 atom stereocenters. The van der Waals surface area contributed by atoms with Crippen LogP contribution in [0.3, 0.4) is 0 Å². The lowest BCUT2D eigenvalue weighted by Crippen LogP contribution is -1.96. The summed E-state index contributed by atoms with van der Waals surface area (Å²) in [6, 6.07) is 26.4. The minimum absolute atomic E-state index is 0.156. The van der Waals surface area contributed by atoms with Gasteiger partial charge in [-0.25, -0.2) is 4.98 Å². The highest BCUT2D eigenvalue weighted by atomic mass is 16.5. The number of hydrogen-bond donors (Lipinski definition) is 2. The Kier molecular flexibility index (Phi) is 4.77. The molecule has 0 aliphatic heterocycles. The molecule has 32 heavy (non-hydrogen) atoms. The molecule has 0 fully saturated rings. The highest BCUT2D eigenvalue weighted by Crippen LogP contribution is 2.40. The van der Waals surface area contributed by atoms with Crippen molar-refractivity contribution in [1.29, 1.82) is 5.26 Å². The molecule has 0 amide bonds. The summed E-state index contributed by atoms with van der Waals surface area (Å²) < 4.78 is 5.26. The van der Waals surface area contributed by atoms with E-state index in [9.17, 15) is 10.4 Å². The van der Waals surface area contributed by atoms with Gasteiger partial charge in [0.05, 0.1) is 29.4 Å². The van der Waals surface area contributed by atoms with Crippen molar-refractivity contribution in [2.75, 3.05) is 7.11 Å². The first kappa shape index (κ1) is 19.3. The normalized spacial score (nSPS) is 10.8. The number of benzene rings is 3. The van der Waals surface area contributed by atoms with Crippen LogP contribution in [0.25, 0.3) is 44.7 Å². The molecule has 0 radical (unpaired) electrons. The summed E-state index contributed by atoms with van der Waals surface area (Å²) in [6.45, 7) is 0. The van der Waals surface area contributed by atoms with Gasteiger partial charge in [-0.1, -0.05) is 42.5 Å². The van der Waals surface area contributed by atoms with E-state index in [1.54, 1.807) is 31.4 Å². The van der Waals surface area contributed by atoms with Gasteiger partial charge in [0.15, 0.2) is 5.65 Å². The summed E-state index contributed by atoms with van der Waals surface area (Å²) in [5.41, 5.74) is 5.51. The predicted molar refractivity (Wildman–Crippen MR) is 123 cm³/mol. The number of phenols is 1. The van der Waals surface area contributed by atoms with E-state index in [1.165, 1.54) is 0 Å². The summed E-state index contributed by atoms with van der Waals surface area (Å²) >= 11 is 0. The van der Waals surface area contributed by atoms with Gasteiger partial charge in [0, 0.05) is 16.7 Å². The smallest absolute Gasteiger partial charge is 0.182 e. The fourth-order valence-electron chi connectivity index (χ4n) is 3.85. The molecule has 2 heterocycles. The van der Waals surface area contributed by atoms with Gasteiger partial charge in [-0.05, 0) is 42.0 Å². The number of ether oxygens (including phenoxy) is 1. The molecule has 5 rings (SSSR count). The zero-order valence-electron chi connectivity index (χ0n) is 17.2. The summed E-state index contributed by atoms with van der Waals surface area (Å²) in [5.74, 6) is 0.877. The highest BCUT2D eigenvalue weighted by molar-refractivity contribution is 6.06. The van der Waals surface area contributed by atoms with Crippen LogP contribution in [0, 0.1) is 11.3 Å². The van der Waals surface area contributed by atoms with E-state index >= 15 is 0 Å². The number of pyridine rings is 1. The number of nitriles is 1. The summed E-state index contributed by atoms with van der Waals surface area (Å²) in [7, 11) is 1.61. The second-order valence-electron chi connectivity index (χ2n) is 7.26. The van der Waals surface area contributed by atoms with E-state index in [0.29, 0.717) is 16.9 Å². The molecule has 0 aliphatic rings. The first-order chi connectivity index (χ1) is 15.7. The Bertz CT molecular complexity index is 1450. The lowest BCUT2D eigenvalue weighted by atomic mass is 9.92. The van der Waals surface area contributed by atoms with Crippen LogP contribution in [0.2, 0.25) is 0 Å². The van der Waals surface area contributed by atoms with Crippen LogP contribution < -0.4 is 4.74 Å². The number of methoxy groups -OCH3 is 1. The van der Waals surface area contributed by atoms with Gasteiger partial charge in [-0.3, -0.25) is 5.10 Å². The molecule has 0 aliphatic carbocycles. The largest absolute Gasteiger partial charge is 0.508 e. The van der Waals surface area contributed by atoms with Gasteiger partial charge in [-0.15, -0.1) is 0 Å². The van der Waals surface area contributed by atoms with Gasteiger partial charge in [-0.2, -0.15) is 10.4 Å². The minimum Gasteiger partial charge on any atom is -0.508 e. The predicted octanol–water partition coefficient (Wildman–Crippen LogP) is 5.54. The minimum atomic E-state index is 0.156. The van der Waals surface area contributed by atoms with Crippen LogP contribution in [0.4, 0.5) is 0 Å². The number of hydrogen-bond acceptors (Lipinski definition) is 5. The van der Waals surface area contributed by atoms with E-state index < -0.39 is 0 Å². The Hall–Kier alpha value is -4.63. The molecule has 0 unspecified atom stereocenters.